The molecule has 2 amide bonds. The topological polar surface area (TPSA) is 78.6 Å². The van der Waals surface area contributed by atoms with Crippen LogP contribution in [-0.4, -0.2) is 47.4 Å². The zero-order valence-electron chi connectivity index (χ0n) is 12.3. The van der Waals surface area contributed by atoms with Gasteiger partial charge in [0, 0.05) is 31.1 Å². The van der Waals surface area contributed by atoms with Gasteiger partial charge in [-0.25, -0.2) is 4.79 Å². The fourth-order valence-electron chi connectivity index (χ4n) is 2.20. The highest BCUT2D eigenvalue weighted by Gasteiger charge is 2.18. The highest BCUT2D eigenvalue weighted by Crippen LogP contribution is 2.22. The van der Waals surface area contributed by atoms with Crippen molar-refractivity contribution in [2.45, 2.75) is 26.7 Å². The molecular formula is C14H23N3O3. The van der Waals surface area contributed by atoms with E-state index in [1.54, 1.807) is 6.08 Å². The van der Waals surface area contributed by atoms with Crippen LogP contribution in [0, 0.1) is 13.8 Å². The van der Waals surface area contributed by atoms with E-state index in [1.807, 2.05) is 20.8 Å². The quantitative estimate of drug-likeness (QED) is 0.744. The summed E-state index contributed by atoms with van der Waals surface area (Å²) >= 11 is 0. The lowest BCUT2D eigenvalue weighted by Gasteiger charge is -2.22. The molecule has 1 atom stereocenters. The second kappa shape index (κ2) is 7.69. The molecule has 0 spiro atoms. The predicted molar refractivity (Wildman–Crippen MR) is 76.6 cm³/mol. The van der Waals surface area contributed by atoms with Crippen LogP contribution in [0.4, 0.5) is 4.79 Å². The second-order valence-electron chi connectivity index (χ2n) is 4.78. The van der Waals surface area contributed by atoms with E-state index in [0.29, 0.717) is 13.1 Å². The summed E-state index contributed by atoms with van der Waals surface area (Å²) in [7, 11) is 0. The Bertz CT molecular complexity index is 437. The second-order valence-corrected chi connectivity index (χ2v) is 4.78. The van der Waals surface area contributed by atoms with E-state index in [9.17, 15) is 4.79 Å². The minimum absolute atomic E-state index is 0.0688. The maximum Gasteiger partial charge on any atom is 0.317 e. The molecule has 1 aromatic rings. The fraction of sp³-hybridized carbons (Fsp3) is 0.571. The van der Waals surface area contributed by atoms with Crippen molar-refractivity contribution in [3.63, 3.8) is 0 Å². The molecule has 1 aromatic heterocycles. The minimum atomic E-state index is -0.211. The summed E-state index contributed by atoms with van der Waals surface area (Å²) in [5.74, 6) is 0.896. The van der Waals surface area contributed by atoms with Crippen LogP contribution < -0.4 is 5.32 Å². The van der Waals surface area contributed by atoms with Gasteiger partial charge in [0.25, 0.3) is 0 Å². The van der Waals surface area contributed by atoms with E-state index < -0.39 is 0 Å². The minimum Gasteiger partial charge on any atom is -0.395 e. The van der Waals surface area contributed by atoms with Crippen LogP contribution in [0.1, 0.15) is 29.9 Å². The monoisotopic (exact) mass is 281 g/mol. The number of rotatable bonds is 7. The molecule has 6 heteroatoms. The SMILES string of the molecule is C=CCN(CCO)C(=O)NCC(C)c1c(C)noc1C. The molecule has 0 radical (unpaired) electrons. The van der Waals surface area contributed by atoms with E-state index in [-0.39, 0.29) is 25.1 Å². The molecule has 6 nitrogen and oxygen atoms in total. The van der Waals surface area contributed by atoms with Crippen molar-refractivity contribution in [2.24, 2.45) is 0 Å². The molecule has 2 N–H and O–H groups in total. The first-order valence-corrected chi connectivity index (χ1v) is 6.68. The first-order chi connectivity index (χ1) is 9.51. The van der Waals surface area contributed by atoms with Gasteiger partial charge < -0.3 is 19.8 Å². The van der Waals surface area contributed by atoms with Crippen molar-refractivity contribution < 1.29 is 14.4 Å². The van der Waals surface area contributed by atoms with Crippen molar-refractivity contribution in [1.29, 1.82) is 0 Å². The lowest BCUT2D eigenvalue weighted by molar-refractivity contribution is 0.183. The van der Waals surface area contributed by atoms with Crippen LogP contribution in [0.5, 0.6) is 0 Å². The molecule has 0 fully saturated rings. The lowest BCUT2D eigenvalue weighted by Crippen LogP contribution is -2.42. The van der Waals surface area contributed by atoms with Crippen molar-refractivity contribution in [2.75, 3.05) is 26.2 Å². The fourth-order valence-corrected chi connectivity index (χ4v) is 2.20. The highest BCUT2D eigenvalue weighted by molar-refractivity contribution is 5.74. The Labute approximate surface area is 119 Å². The van der Waals surface area contributed by atoms with Gasteiger partial charge in [0.1, 0.15) is 5.76 Å². The first kappa shape index (κ1) is 16.2. The largest absolute Gasteiger partial charge is 0.395 e. The van der Waals surface area contributed by atoms with E-state index >= 15 is 0 Å². The molecule has 0 bridgehead atoms. The Morgan fingerprint density at radius 1 is 1.60 bits per heavy atom. The molecule has 112 valence electrons. The smallest absolute Gasteiger partial charge is 0.317 e. The van der Waals surface area contributed by atoms with Crippen molar-refractivity contribution in [3.8, 4) is 0 Å². The highest BCUT2D eigenvalue weighted by atomic mass is 16.5. The number of aromatic nitrogens is 1. The number of aryl methyl sites for hydroxylation is 2. The van der Waals surface area contributed by atoms with Crippen LogP contribution in [0.15, 0.2) is 17.2 Å². The van der Waals surface area contributed by atoms with Crippen LogP contribution >= 0.6 is 0 Å². The molecule has 0 saturated heterocycles. The Hall–Kier alpha value is -1.82. The number of nitrogens with zero attached hydrogens (tertiary/aromatic N) is 2. The summed E-state index contributed by atoms with van der Waals surface area (Å²) in [4.78, 5) is 13.5. The number of hydrogen-bond acceptors (Lipinski definition) is 4. The first-order valence-electron chi connectivity index (χ1n) is 6.68. The van der Waals surface area contributed by atoms with E-state index in [1.165, 1.54) is 4.90 Å². The van der Waals surface area contributed by atoms with Crippen LogP contribution in [0.3, 0.4) is 0 Å². The third kappa shape index (κ3) is 4.09. The Balaban J connectivity index is 2.57. The van der Waals surface area contributed by atoms with Gasteiger partial charge in [-0.1, -0.05) is 18.2 Å². The molecule has 1 rings (SSSR count). The van der Waals surface area contributed by atoms with Crippen molar-refractivity contribution >= 4 is 6.03 Å². The van der Waals surface area contributed by atoms with Gasteiger partial charge in [0.05, 0.1) is 12.3 Å². The molecule has 0 aliphatic carbocycles. The number of carbonyl (C=O) groups is 1. The van der Waals surface area contributed by atoms with E-state index in [4.69, 9.17) is 9.63 Å². The van der Waals surface area contributed by atoms with Gasteiger partial charge in [-0.2, -0.15) is 0 Å². The Morgan fingerprint density at radius 2 is 2.30 bits per heavy atom. The summed E-state index contributed by atoms with van der Waals surface area (Å²) in [6.07, 6.45) is 1.63. The number of carbonyl (C=O) groups excluding carboxylic acids is 1. The molecule has 1 unspecified atom stereocenters. The van der Waals surface area contributed by atoms with Gasteiger partial charge in [0.2, 0.25) is 0 Å². The average molecular weight is 281 g/mol. The third-order valence-electron chi connectivity index (χ3n) is 3.15. The number of nitrogens with one attached hydrogen (secondary N) is 1. The summed E-state index contributed by atoms with van der Waals surface area (Å²) in [6, 6.07) is -0.211. The lowest BCUT2D eigenvalue weighted by atomic mass is 10.00. The van der Waals surface area contributed by atoms with Crippen molar-refractivity contribution in [3.05, 3.63) is 29.7 Å². The molecule has 0 saturated carbocycles. The Kier molecular flexibility index (Phi) is 6.24. The zero-order valence-corrected chi connectivity index (χ0v) is 12.3. The van der Waals surface area contributed by atoms with E-state index in [2.05, 4.69) is 17.1 Å². The predicted octanol–water partition coefficient (Wildman–Crippen LogP) is 1.58. The standard InChI is InChI=1S/C14H23N3O3/c1-5-6-17(7-8-18)14(19)15-9-10(2)13-11(3)16-20-12(13)4/h5,10,18H,1,6-9H2,2-4H3,(H,15,19). The number of urea groups is 1. The molecular weight excluding hydrogens is 258 g/mol. The maximum atomic E-state index is 12.0. The van der Waals surface area contributed by atoms with Gasteiger partial charge in [0.15, 0.2) is 0 Å². The number of amides is 2. The van der Waals surface area contributed by atoms with Crippen molar-refractivity contribution in [1.82, 2.24) is 15.4 Å². The summed E-state index contributed by atoms with van der Waals surface area (Å²) < 4.78 is 5.13. The number of aliphatic hydroxyl groups excluding tert-OH is 1. The maximum absolute atomic E-state index is 12.0. The molecule has 20 heavy (non-hydrogen) atoms. The Morgan fingerprint density at radius 3 is 2.80 bits per heavy atom. The third-order valence-corrected chi connectivity index (χ3v) is 3.15. The molecule has 0 aliphatic rings. The average Bonchev–Trinajstić information content (AvgIpc) is 2.75. The van der Waals surface area contributed by atoms with Gasteiger partial charge in [-0.05, 0) is 13.8 Å². The van der Waals surface area contributed by atoms with Gasteiger partial charge >= 0.3 is 6.03 Å². The number of aliphatic hydroxyl groups is 1. The van der Waals surface area contributed by atoms with Crippen LogP contribution in [-0.2, 0) is 0 Å². The summed E-state index contributed by atoms with van der Waals surface area (Å²) in [5, 5.41) is 15.7. The summed E-state index contributed by atoms with van der Waals surface area (Å²) in [5.41, 5.74) is 1.88. The van der Waals surface area contributed by atoms with Gasteiger partial charge in [-0.15, -0.1) is 6.58 Å². The molecule has 1 heterocycles. The molecule has 0 aliphatic heterocycles. The van der Waals surface area contributed by atoms with Crippen LogP contribution in [0.25, 0.3) is 0 Å². The normalized spacial score (nSPS) is 12.0. The number of hydrogen-bond donors (Lipinski definition) is 2. The van der Waals surface area contributed by atoms with Gasteiger partial charge in [-0.3, -0.25) is 0 Å². The van der Waals surface area contributed by atoms with Crippen LogP contribution in [0.2, 0.25) is 0 Å². The zero-order chi connectivity index (χ0) is 15.1. The summed E-state index contributed by atoms with van der Waals surface area (Å²) in [6.45, 7) is 10.5. The van der Waals surface area contributed by atoms with E-state index in [0.717, 1.165) is 17.0 Å². The molecule has 0 aromatic carbocycles.